The van der Waals surface area contributed by atoms with Crippen LogP contribution < -0.4 is 0 Å². The van der Waals surface area contributed by atoms with E-state index in [1.165, 1.54) is 24.3 Å². The number of hydrogen-bond donors (Lipinski definition) is 1. The van der Waals surface area contributed by atoms with Crippen LogP contribution in [0.25, 0.3) is 0 Å². The Balaban J connectivity index is 3.00. The molecule has 1 rings (SSSR count). The van der Waals surface area contributed by atoms with Crippen LogP contribution in [0.3, 0.4) is 0 Å². The van der Waals surface area contributed by atoms with Gasteiger partial charge < -0.3 is 5.21 Å². The molecule has 0 amide bonds. The van der Waals surface area contributed by atoms with Crippen molar-refractivity contribution in [3.8, 4) is 0 Å². The van der Waals surface area contributed by atoms with E-state index in [2.05, 4.69) is 14.4 Å². The van der Waals surface area contributed by atoms with Crippen LogP contribution in [-0.2, 0) is 0 Å². The van der Waals surface area contributed by atoms with Crippen molar-refractivity contribution in [1.82, 2.24) is 0 Å². The van der Waals surface area contributed by atoms with E-state index in [1.807, 2.05) is 0 Å². The number of hydrogen-bond acceptors (Lipinski definition) is 4. The van der Waals surface area contributed by atoms with Gasteiger partial charge >= 0.3 is 0 Å². The molecule has 0 heterocycles. The fourth-order valence-electron chi connectivity index (χ4n) is 0.812. The van der Waals surface area contributed by atoms with Gasteiger partial charge in [0.05, 0.1) is 4.92 Å². The summed E-state index contributed by atoms with van der Waals surface area (Å²) in [6, 6.07) is 5.73. The second-order valence-electron chi connectivity index (χ2n) is 2.29. The van der Waals surface area contributed by atoms with Gasteiger partial charge in [0.1, 0.15) is 5.45 Å². The molecule has 6 heteroatoms. The zero-order chi connectivity index (χ0) is 9.84. The monoisotopic (exact) mass is 198 g/mol. The van der Waals surface area contributed by atoms with Crippen LogP contribution in [0.1, 0.15) is 5.56 Å². The van der Waals surface area contributed by atoms with Gasteiger partial charge in [0.25, 0.3) is 5.69 Å². The Labute approximate surface area is 76.4 Å². The number of rotatable bonds is 2. The van der Waals surface area contributed by atoms with Crippen molar-refractivity contribution >= 4 is 20.4 Å². The Morgan fingerprint density at radius 3 is 2.38 bits per heavy atom. The SMILES string of the molecule is O=[N+]([O-])c1ccc(/C(P)=N\O)cc1. The Kier molecular flexibility index (Phi) is 2.93. The molecular formula is C7H7N2O3P. The van der Waals surface area contributed by atoms with Crippen LogP contribution in [0.5, 0.6) is 0 Å². The van der Waals surface area contributed by atoms with Crippen molar-refractivity contribution in [3.05, 3.63) is 39.9 Å². The van der Waals surface area contributed by atoms with Gasteiger partial charge in [-0.2, -0.15) is 0 Å². The van der Waals surface area contributed by atoms with Crippen molar-refractivity contribution in [2.45, 2.75) is 0 Å². The van der Waals surface area contributed by atoms with E-state index < -0.39 is 4.92 Å². The third kappa shape index (κ3) is 2.23. The van der Waals surface area contributed by atoms with Gasteiger partial charge in [-0.05, 0) is 12.1 Å². The summed E-state index contributed by atoms with van der Waals surface area (Å²) in [6.45, 7) is 0. The largest absolute Gasteiger partial charge is 0.410 e. The predicted molar refractivity (Wildman–Crippen MR) is 51.1 cm³/mol. The molecule has 68 valence electrons. The van der Waals surface area contributed by atoms with Gasteiger partial charge in [-0.15, -0.1) is 0 Å². The van der Waals surface area contributed by atoms with E-state index >= 15 is 0 Å². The maximum Gasteiger partial charge on any atom is 0.269 e. The smallest absolute Gasteiger partial charge is 0.269 e. The van der Waals surface area contributed by atoms with Crippen molar-refractivity contribution in [2.24, 2.45) is 5.16 Å². The Bertz CT molecular complexity index is 347. The molecule has 0 aliphatic carbocycles. The van der Waals surface area contributed by atoms with E-state index in [9.17, 15) is 10.1 Å². The highest BCUT2D eigenvalue weighted by atomic mass is 31.0. The molecule has 0 fully saturated rings. The lowest BCUT2D eigenvalue weighted by molar-refractivity contribution is -0.384. The topological polar surface area (TPSA) is 75.7 Å². The summed E-state index contributed by atoms with van der Waals surface area (Å²) in [5.41, 5.74) is 0.979. The average molecular weight is 198 g/mol. The molecule has 13 heavy (non-hydrogen) atoms. The van der Waals surface area contributed by atoms with Gasteiger partial charge in [-0.25, -0.2) is 0 Å². The minimum atomic E-state index is -0.484. The Morgan fingerprint density at radius 1 is 1.46 bits per heavy atom. The highest BCUT2D eigenvalue weighted by Crippen LogP contribution is 2.14. The molecule has 1 atom stereocenters. The summed E-state index contributed by atoms with van der Waals surface area (Å²) in [5, 5.41) is 21.6. The summed E-state index contributed by atoms with van der Waals surface area (Å²) in [6.07, 6.45) is 0. The van der Waals surface area contributed by atoms with Crippen molar-refractivity contribution < 1.29 is 10.1 Å². The summed E-state index contributed by atoms with van der Waals surface area (Å²) in [7, 11) is 2.22. The first-order valence-electron chi connectivity index (χ1n) is 3.37. The van der Waals surface area contributed by atoms with Crippen LogP contribution in [0.15, 0.2) is 29.4 Å². The highest BCUT2D eigenvalue weighted by molar-refractivity contribution is 7.41. The molecule has 0 aromatic heterocycles. The third-order valence-corrected chi connectivity index (χ3v) is 1.93. The second kappa shape index (κ2) is 3.96. The van der Waals surface area contributed by atoms with Gasteiger partial charge in [-0.3, -0.25) is 10.1 Å². The fourth-order valence-corrected chi connectivity index (χ4v) is 1.00. The molecular weight excluding hydrogens is 191 g/mol. The summed E-state index contributed by atoms with van der Waals surface area (Å²) in [5.74, 6) is 0. The quantitative estimate of drug-likeness (QED) is 0.258. The lowest BCUT2D eigenvalue weighted by Crippen LogP contribution is -1.92. The first-order valence-corrected chi connectivity index (χ1v) is 3.95. The van der Waals surface area contributed by atoms with E-state index in [1.54, 1.807) is 0 Å². The zero-order valence-corrected chi connectivity index (χ0v) is 7.70. The first-order chi connectivity index (χ1) is 6.15. The van der Waals surface area contributed by atoms with Crippen LogP contribution in [-0.4, -0.2) is 15.6 Å². The van der Waals surface area contributed by atoms with Gasteiger partial charge in [-0.1, -0.05) is 14.4 Å². The van der Waals surface area contributed by atoms with E-state index in [0.29, 0.717) is 11.0 Å². The molecule has 0 saturated carbocycles. The molecule has 1 unspecified atom stereocenters. The fraction of sp³-hybridized carbons (Fsp3) is 0. The number of oxime groups is 1. The average Bonchev–Trinajstić information content (AvgIpc) is 2.17. The van der Waals surface area contributed by atoms with E-state index in [0.717, 1.165) is 0 Å². The normalized spacial score (nSPS) is 11.3. The number of benzene rings is 1. The highest BCUT2D eigenvalue weighted by Gasteiger charge is 2.04. The summed E-state index contributed by atoms with van der Waals surface area (Å²) < 4.78 is 0. The minimum absolute atomic E-state index is 0.0134. The molecule has 0 saturated heterocycles. The molecule has 1 N–H and O–H groups in total. The van der Waals surface area contributed by atoms with Crippen molar-refractivity contribution in [1.29, 1.82) is 0 Å². The maximum absolute atomic E-state index is 10.3. The van der Waals surface area contributed by atoms with Crippen LogP contribution in [0, 0.1) is 10.1 Å². The molecule has 1 aromatic carbocycles. The number of non-ortho nitro benzene ring substituents is 1. The van der Waals surface area contributed by atoms with Gasteiger partial charge in [0.2, 0.25) is 0 Å². The molecule has 1 aromatic rings. The second-order valence-corrected chi connectivity index (χ2v) is 2.84. The molecule has 0 aliphatic heterocycles. The van der Waals surface area contributed by atoms with Crippen molar-refractivity contribution in [3.63, 3.8) is 0 Å². The molecule has 0 aliphatic rings. The van der Waals surface area contributed by atoms with E-state index in [-0.39, 0.29) is 5.69 Å². The van der Waals surface area contributed by atoms with Crippen LogP contribution in [0.4, 0.5) is 5.69 Å². The molecule has 5 nitrogen and oxygen atoms in total. The Morgan fingerprint density at radius 2 is 2.00 bits per heavy atom. The standard InChI is InChI=1S/C7H7N2O3P/c10-8-7(13)5-1-3-6(4-2-5)9(11)12/h1-4,10H,13H2/b8-7+. The number of nitro benzene ring substituents is 1. The molecule has 0 radical (unpaired) electrons. The third-order valence-electron chi connectivity index (χ3n) is 1.48. The lowest BCUT2D eigenvalue weighted by Gasteiger charge is -1.96. The maximum atomic E-state index is 10.3. The molecule has 0 spiro atoms. The zero-order valence-electron chi connectivity index (χ0n) is 6.54. The summed E-state index contributed by atoms with van der Waals surface area (Å²) in [4.78, 5) is 9.79. The van der Waals surface area contributed by atoms with Gasteiger partial charge in [0.15, 0.2) is 0 Å². The lowest BCUT2D eigenvalue weighted by atomic mass is 10.2. The Hall–Kier alpha value is -1.48. The predicted octanol–water partition coefficient (Wildman–Crippen LogP) is 1.61. The summed E-state index contributed by atoms with van der Waals surface area (Å²) >= 11 is 0. The van der Waals surface area contributed by atoms with E-state index in [4.69, 9.17) is 5.21 Å². The van der Waals surface area contributed by atoms with Crippen LogP contribution >= 0.6 is 9.24 Å². The molecule has 0 bridgehead atoms. The van der Waals surface area contributed by atoms with Crippen molar-refractivity contribution in [2.75, 3.05) is 0 Å². The van der Waals surface area contributed by atoms with Crippen LogP contribution in [0.2, 0.25) is 0 Å². The number of nitro groups is 1. The minimum Gasteiger partial charge on any atom is -0.410 e. The number of nitrogens with zero attached hydrogens (tertiary/aromatic N) is 2. The van der Waals surface area contributed by atoms with Gasteiger partial charge in [0, 0.05) is 17.7 Å². The first kappa shape index (κ1) is 9.61.